The van der Waals surface area contributed by atoms with Crippen LogP contribution in [-0.4, -0.2) is 62.3 Å². The van der Waals surface area contributed by atoms with Crippen molar-refractivity contribution in [3.8, 4) is 5.75 Å². The van der Waals surface area contributed by atoms with Crippen molar-refractivity contribution < 1.29 is 18.7 Å². The number of benzene rings is 2. The van der Waals surface area contributed by atoms with E-state index in [-0.39, 0.29) is 11.0 Å². The van der Waals surface area contributed by atoms with Gasteiger partial charge in [0.25, 0.3) is 5.91 Å². The Morgan fingerprint density at radius 1 is 1.20 bits per heavy atom. The molecule has 1 aliphatic rings. The van der Waals surface area contributed by atoms with Crippen LogP contribution in [0.4, 0.5) is 5.13 Å². The van der Waals surface area contributed by atoms with Crippen molar-refractivity contribution >= 4 is 43.6 Å². The van der Waals surface area contributed by atoms with Crippen LogP contribution in [0, 0.1) is 6.92 Å². The highest BCUT2D eigenvalue weighted by atomic mass is 32.1. The summed E-state index contributed by atoms with van der Waals surface area (Å²) < 4.78 is 17.5. The third-order valence-electron chi connectivity index (χ3n) is 6.26. The van der Waals surface area contributed by atoms with Crippen molar-refractivity contribution in [2.75, 3.05) is 51.4 Å². The molecule has 182 valence electrons. The second-order valence-corrected chi connectivity index (χ2v) is 9.48. The maximum atomic E-state index is 13.8. The standard InChI is InChI=1S/C26H27N3O5S/c1-17-8-9-21(32-2)22-24(17)35-26(27-22)29(11-5-10-28-12-14-33-15-13-28)25(31)19-16-34-20-7-4-3-6-18(20)23(19)30/h3-4,6-9,16H,5,10-15H2,1-2H3. The monoisotopic (exact) mass is 493 g/mol. The summed E-state index contributed by atoms with van der Waals surface area (Å²) in [5.74, 6) is 0.237. The first-order chi connectivity index (χ1) is 17.1. The van der Waals surface area contributed by atoms with Crippen LogP contribution in [0.3, 0.4) is 0 Å². The highest BCUT2D eigenvalue weighted by Crippen LogP contribution is 2.37. The molecule has 1 saturated heterocycles. The number of rotatable bonds is 7. The fourth-order valence-corrected chi connectivity index (χ4v) is 5.39. The fraction of sp³-hybridized carbons (Fsp3) is 0.346. The topological polar surface area (TPSA) is 85.1 Å². The van der Waals surface area contributed by atoms with Crippen LogP contribution in [0.5, 0.6) is 5.75 Å². The normalized spacial score (nSPS) is 14.5. The average Bonchev–Trinajstić information content (AvgIpc) is 3.34. The van der Waals surface area contributed by atoms with Gasteiger partial charge in [-0.05, 0) is 37.1 Å². The van der Waals surface area contributed by atoms with Gasteiger partial charge < -0.3 is 13.9 Å². The Bertz CT molecular complexity index is 1420. The predicted molar refractivity (Wildman–Crippen MR) is 137 cm³/mol. The van der Waals surface area contributed by atoms with E-state index in [1.807, 2.05) is 19.1 Å². The van der Waals surface area contributed by atoms with Crippen LogP contribution in [0.1, 0.15) is 22.3 Å². The zero-order valence-corrected chi connectivity index (χ0v) is 20.6. The predicted octanol–water partition coefficient (Wildman–Crippen LogP) is 4.09. The third-order valence-corrected chi connectivity index (χ3v) is 7.47. The summed E-state index contributed by atoms with van der Waals surface area (Å²) in [6, 6.07) is 10.8. The number of para-hydroxylation sites is 1. The molecule has 2 aromatic heterocycles. The number of carbonyl (C=O) groups is 1. The van der Waals surface area contributed by atoms with Crippen LogP contribution in [0.2, 0.25) is 0 Å². The van der Waals surface area contributed by atoms with E-state index in [0.29, 0.717) is 33.9 Å². The van der Waals surface area contributed by atoms with E-state index in [2.05, 4.69) is 4.90 Å². The van der Waals surface area contributed by atoms with Gasteiger partial charge in [0, 0.05) is 26.2 Å². The molecule has 4 aromatic rings. The molecule has 0 N–H and O–H groups in total. The molecule has 1 fully saturated rings. The largest absolute Gasteiger partial charge is 0.494 e. The van der Waals surface area contributed by atoms with Crippen LogP contribution >= 0.6 is 11.3 Å². The van der Waals surface area contributed by atoms with Crippen molar-refractivity contribution in [3.63, 3.8) is 0 Å². The van der Waals surface area contributed by atoms with Gasteiger partial charge in [0.15, 0.2) is 5.13 Å². The number of amides is 1. The molecule has 1 aliphatic heterocycles. The Labute approximate surface area is 206 Å². The number of nitrogens with zero attached hydrogens (tertiary/aromatic N) is 3. The quantitative estimate of drug-likeness (QED) is 0.383. The Hall–Kier alpha value is -3.27. The van der Waals surface area contributed by atoms with Crippen molar-refractivity contribution in [1.82, 2.24) is 9.88 Å². The van der Waals surface area contributed by atoms with E-state index >= 15 is 0 Å². The number of hydrogen-bond acceptors (Lipinski definition) is 8. The Balaban J connectivity index is 1.51. The molecule has 0 bridgehead atoms. The van der Waals surface area contributed by atoms with Crippen LogP contribution < -0.4 is 15.1 Å². The second kappa shape index (κ2) is 10.2. The van der Waals surface area contributed by atoms with Crippen molar-refractivity contribution in [3.05, 3.63) is 64.0 Å². The molecule has 8 nitrogen and oxygen atoms in total. The smallest absolute Gasteiger partial charge is 0.267 e. The molecular formula is C26H27N3O5S. The van der Waals surface area contributed by atoms with E-state index in [4.69, 9.17) is 18.9 Å². The maximum absolute atomic E-state index is 13.8. The number of aryl methyl sites for hydroxylation is 1. The lowest BCUT2D eigenvalue weighted by molar-refractivity contribution is 0.0376. The van der Waals surface area contributed by atoms with E-state index in [9.17, 15) is 9.59 Å². The van der Waals surface area contributed by atoms with Gasteiger partial charge in [-0.2, -0.15) is 0 Å². The maximum Gasteiger partial charge on any atom is 0.267 e. The number of anilines is 1. The van der Waals surface area contributed by atoms with E-state index in [1.54, 1.807) is 36.3 Å². The lowest BCUT2D eigenvalue weighted by Crippen LogP contribution is -2.40. The van der Waals surface area contributed by atoms with Gasteiger partial charge in [-0.1, -0.05) is 29.5 Å². The molecule has 0 radical (unpaired) electrons. The summed E-state index contributed by atoms with van der Waals surface area (Å²) in [7, 11) is 1.61. The number of methoxy groups -OCH3 is 1. The SMILES string of the molecule is COc1ccc(C)c2sc(N(CCCN3CCOCC3)C(=O)c3coc4ccccc4c3=O)nc12. The molecule has 0 unspecified atom stereocenters. The highest BCUT2D eigenvalue weighted by Gasteiger charge is 2.26. The zero-order chi connectivity index (χ0) is 24.4. The van der Waals surface area contributed by atoms with Gasteiger partial charge in [0.2, 0.25) is 5.43 Å². The van der Waals surface area contributed by atoms with E-state index in [0.717, 1.165) is 49.5 Å². The zero-order valence-electron chi connectivity index (χ0n) is 19.8. The summed E-state index contributed by atoms with van der Waals surface area (Å²) in [6.07, 6.45) is 2.00. The Morgan fingerprint density at radius 3 is 2.80 bits per heavy atom. The lowest BCUT2D eigenvalue weighted by atomic mass is 10.1. The fourth-order valence-electron chi connectivity index (χ4n) is 4.31. The summed E-state index contributed by atoms with van der Waals surface area (Å²) in [5.41, 5.74) is 1.87. The van der Waals surface area contributed by atoms with Crippen LogP contribution in [0.25, 0.3) is 21.2 Å². The number of aromatic nitrogens is 1. The molecule has 3 heterocycles. The molecular weight excluding hydrogens is 466 g/mol. The summed E-state index contributed by atoms with van der Waals surface area (Å²) in [4.78, 5) is 35.7. The van der Waals surface area contributed by atoms with Gasteiger partial charge in [-0.3, -0.25) is 19.4 Å². The van der Waals surface area contributed by atoms with Crippen molar-refractivity contribution in [2.45, 2.75) is 13.3 Å². The number of thiazole rings is 1. The third kappa shape index (κ3) is 4.67. The minimum atomic E-state index is -0.415. The molecule has 0 spiro atoms. The first-order valence-electron chi connectivity index (χ1n) is 11.6. The summed E-state index contributed by atoms with van der Waals surface area (Å²) in [6.45, 7) is 6.44. The molecule has 0 saturated carbocycles. The molecule has 2 aromatic carbocycles. The van der Waals surface area contributed by atoms with Gasteiger partial charge >= 0.3 is 0 Å². The molecule has 9 heteroatoms. The molecule has 1 amide bonds. The van der Waals surface area contributed by atoms with Crippen molar-refractivity contribution in [1.29, 1.82) is 0 Å². The second-order valence-electron chi connectivity index (χ2n) is 8.50. The minimum absolute atomic E-state index is 0.00184. The Kier molecular flexibility index (Phi) is 6.81. The number of carbonyl (C=O) groups excluding carboxylic acids is 1. The molecule has 0 atom stereocenters. The number of fused-ring (bicyclic) bond motifs is 2. The first-order valence-corrected chi connectivity index (χ1v) is 12.4. The number of hydrogen-bond donors (Lipinski definition) is 0. The highest BCUT2D eigenvalue weighted by molar-refractivity contribution is 7.22. The van der Waals surface area contributed by atoms with E-state index in [1.165, 1.54) is 17.6 Å². The number of ether oxygens (including phenoxy) is 2. The van der Waals surface area contributed by atoms with Crippen LogP contribution in [0.15, 0.2) is 51.9 Å². The summed E-state index contributed by atoms with van der Waals surface area (Å²) >= 11 is 1.43. The van der Waals surface area contributed by atoms with Gasteiger partial charge in [-0.15, -0.1) is 0 Å². The van der Waals surface area contributed by atoms with Crippen molar-refractivity contribution in [2.24, 2.45) is 0 Å². The van der Waals surface area contributed by atoms with Gasteiger partial charge in [-0.25, -0.2) is 4.98 Å². The van der Waals surface area contributed by atoms with Gasteiger partial charge in [0.05, 0.1) is 30.4 Å². The molecule has 0 aliphatic carbocycles. The van der Waals surface area contributed by atoms with E-state index < -0.39 is 5.91 Å². The molecule has 35 heavy (non-hydrogen) atoms. The summed E-state index contributed by atoms with van der Waals surface area (Å²) in [5, 5.41) is 0.917. The minimum Gasteiger partial charge on any atom is -0.494 e. The van der Waals surface area contributed by atoms with Gasteiger partial charge in [0.1, 0.15) is 28.7 Å². The number of morpholine rings is 1. The van der Waals surface area contributed by atoms with Crippen LogP contribution in [-0.2, 0) is 4.74 Å². The Morgan fingerprint density at radius 2 is 2.00 bits per heavy atom. The molecule has 5 rings (SSSR count). The lowest BCUT2D eigenvalue weighted by Gasteiger charge is -2.27. The first kappa shape index (κ1) is 23.5. The average molecular weight is 494 g/mol.